The van der Waals surface area contributed by atoms with E-state index in [1.807, 2.05) is 21.7 Å². The van der Waals surface area contributed by atoms with Crippen molar-refractivity contribution in [2.24, 2.45) is 5.92 Å². The number of hydrogen-bond donors (Lipinski definition) is 1. The second kappa shape index (κ2) is 7.31. The highest BCUT2D eigenvalue weighted by atomic mass is 79.9. The molecule has 2 heterocycles. The Kier molecular flexibility index (Phi) is 5.67. The fraction of sp³-hybridized carbons (Fsp3) is 0.625. The number of halogens is 1. The van der Waals surface area contributed by atoms with Crippen LogP contribution in [0.25, 0.3) is 0 Å². The highest BCUT2D eigenvalue weighted by Crippen LogP contribution is 2.25. The van der Waals surface area contributed by atoms with Gasteiger partial charge in [-0.2, -0.15) is 0 Å². The van der Waals surface area contributed by atoms with Gasteiger partial charge in [0.15, 0.2) is 0 Å². The van der Waals surface area contributed by atoms with Crippen LogP contribution in [-0.2, 0) is 4.79 Å². The third kappa shape index (κ3) is 4.12. The quantitative estimate of drug-likeness (QED) is 0.861. The van der Waals surface area contributed by atoms with Gasteiger partial charge < -0.3 is 14.6 Å². The van der Waals surface area contributed by atoms with Crippen LogP contribution >= 0.6 is 15.9 Å². The summed E-state index contributed by atoms with van der Waals surface area (Å²) in [5, 5.41) is 8.81. The molecule has 1 aromatic rings. The lowest BCUT2D eigenvalue weighted by atomic mass is 9.93. The standard InChI is InChI=1S/C16H23BrN2O3/c1-11(2)19-10-13(17)8-14(19)16(22)18-7-3-4-12(9-18)5-6-15(20)21/h8,10-12H,3-7,9H2,1-2H3,(H,20,21). The van der Waals surface area contributed by atoms with Gasteiger partial charge in [0.2, 0.25) is 0 Å². The molecule has 22 heavy (non-hydrogen) atoms. The van der Waals surface area contributed by atoms with Crippen LogP contribution in [0, 0.1) is 5.92 Å². The Morgan fingerprint density at radius 1 is 1.45 bits per heavy atom. The lowest BCUT2D eigenvalue weighted by Crippen LogP contribution is -2.40. The molecule has 0 radical (unpaired) electrons. The molecule has 1 saturated heterocycles. The van der Waals surface area contributed by atoms with E-state index in [1.165, 1.54) is 0 Å². The van der Waals surface area contributed by atoms with Crippen molar-refractivity contribution in [3.63, 3.8) is 0 Å². The number of carboxylic acids is 1. The molecule has 2 rings (SSSR count). The van der Waals surface area contributed by atoms with E-state index in [4.69, 9.17) is 5.11 Å². The molecule has 1 fully saturated rings. The maximum Gasteiger partial charge on any atom is 0.303 e. The van der Waals surface area contributed by atoms with Crippen LogP contribution in [0.1, 0.15) is 56.1 Å². The van der Waals surface area contributed by atoms with Crippen molar-refractivity contribution in [2.45, 2.75) is 45.6 Å². The summed E-state index contributed by atoms with van der Waals surface area (Å²) in [4.78, 5) is 25.4. The Labute approximate surface area is 139 Å². The van der Waals surface area contributed by atoms with E-state index >= 15 is 0 Å². The van der Waals surface area contributed by atoms with Crippen molar-refractivity contribution in [1.82, 2.24) is 9.47 Å². The second-order valence-electron chi connectivity index (χ2n) is 6.24. The van der Waals surface area contributed by atoms with E-state index in [0.717, 1.165) is 23.9 Å². The van der Waals surface area contributed by atoms with Gasteiger partial charge in [0.25, 0.3) is 5.91 Å². The lowest BCUT2D eigenvalue weighted by molar-refractivity contribution is -0.137. The average molecular weight is 371 g/mol. The molecule has 0 aromatic carbocycles. The van der Waals surface area contributed by atoms with Gasteiger partial charge in [-0.05, 0) is 61.0 Å². The van der Waals surface area contributed by atoms with Gasteiger partial charge in [0.1, 0.15) is 5.69 Å². The predicted octanol–water partition coefficient (Wildman–Crippen LogP) is 3.55. The first-order valence-electron chi connectivity index (χ1n) is 7.77. The fourth-order valence-corrected chi connectivity index (χ4v) is 3.46. The molecule has 0 bridgehead atoms. The minimum atomic E-state index is -0.763. The van der Waals surface area contributed by atoms with E-state index < -0.39 is 5.97 Å². The molecule has 1 amide bonds. The number of rotatable bonds is 5. The van der Waals surface area contributed by atoms with Crippen molar-refractivity contribution >= 4 is 27.8 Å². The summed E-state index contributed by atoms with van der Waals surface area (Å²) in [5.41, 5.74) is 0.695. The molecule has 122 valence electrons. The molecule has 5 nitrogen and oxygen atoms in total. The summed E-state index contributed by atoms with van der Waals surface area (Å²) >= 11 is 3.44. The van der Waals surface area contributed by atoms with Crippen molar-refractivity contribution in [3.8, 4) is 0 Å². The summed E-state index contributed by atoms with van der Waals surface area (Å²) in [7, 11) is 0. The zero-order valence-corrected chi connectivity index (χ0v) is 14.7. The molecule has 6 heteroatoms. The topological polar surface area (TPSA) is 62.5 Å². The van der Waals surface area contributed by atoms with Gasteiger partial charge in [0.05, 0.1) is 0 Å². The van der Waals surface area contributed by atoms with Gasteiger partial charge >= 0.3 is 5.97 Å². The molecule has 1 N–H and O–H groups in total. The van der Waals surface area contributed by atoms with Crippen LogP contribution in [0.3, 0.4) is 0 Å². The van der Waals surface area contributed by atoms with E-state index in [2.05, 4.69) is 29.8 Å². The number of piperidine rings is 1. The van der Waals surface area contributed by atoms with Crippen molar-refractivity contribution < 1.29 is 14.7 Å². The number of aliphatic carboxylic acids is 1. The maximum absolute atomic E-state index is 12.8. The van der Waals surface area contributed by atoms with Crippen LogP contribution in [0.15, 0.2) is 16.7 Å². The highest BCUT2D eigenvalue weighted by molar-refractivity contribution is 9.10. The number of aromatic nitrogens is 1. The summed E-state index contributed by atoms with van der Waals surface area (Å²) in [5.74, 6) is -0.430. The van der Waals surface area contributed by atoms with Crippen LogP contribution in [0.4, 0.5) is 0 Å². The Morgan fingerprint density at radius 3 is 2.82 bits per heavy atom. The summed E-state index contributed by atoms with van der Waals surface area (Å²) < 4.78 is 2.89. The first-order valence-corrected chi connectivity index (χ1v) is 8.56. The van der Waals surface area contributed by atoms with Gasteiger partial charge in [-0.3, -0.25) is 9.59 Å². The molecular formula is C16H23BrN2O3. The first kappa shape index (κ1) is 17.1. The van der Waals surface area contributed by atoms with Crippen molar-refractivity contribution in [3.05, 3.63) is 22.4 Å². The normalized spacial score (nSPS) is 18.7. The van der Waals surface area contributed by atoms with Crippen molar-refractivity contribution in [2.75, 3.05) is 13.1 Å². The molecule has 1 aromatic heterocycles. The third-order valence-electron chi connectivity index (χ3n) is 4.16. The second-order valence-corrected chi connectivity index (χ2v) is 7.15. The Hall–Kier alpha value is -1.30. The lowest BCUT2D eigenvalue weighted by Gasteiger charge is -2.33. The highest BCUT2D eigenvalue weighted by Gasteiger charge is 2.27. The zero-order chi connectivity index (χ0) is 16.3. The fourth-order valence-electron chi connectivity index (χ4n) is 3.02. The molecule has 0 aliphatic carbocycles. The van der Waals surface area contributed by atoms with Crippen LogP contribution in [0.2, 0.25) is 0 Å². The minimum absolute atomic E-state index is 0.0411. The van der Waals surface area contributed by atoms with Gasteiger partial charge in [-0.15, -0.1) is 0 Å². The number of nitrogens with zero attached hydrogens (tertiary/aromatic N) is 2. The molecule has 0 spiro atoms. The van der Waals surface area contributed by atoms with Gasteiger partial charge in [-0.25, -0.2) is 0 Å². The van der Waals surface area contributed by atoms with Gasteiger partial charge in [0, 0.05) is 36.2 Å². The average Bonchev–Trinajstić information content (AvgIpc) is 2.87. The van der Waals surface area contributed by atoms with E-state index in [-0.39, 0.29) is 18.4 Å². The van der Waals surface area contributed by atoms with E-state index in [1.54, 1.807) is 0 Å². The van der Waals surface area contributed by atoms with E-state index in [9.17, 15) is 9.59 Å². The number of carbonyl (C=O) groups excluding carboxylic acids is 1. The molecular weight excluding hydrogens is 348 g/mol. The number of carboxylic acid groups (broad SMARTS) is 1. The third-order valence-corrected chi connectivity index (χ3v) is 4.60. The summed E-state index contributed by atoms with van der Waals surface area (Å²) in [6, 6.07) is 2.08. The number of amides is 1. The summed E-state index contributed by atoms with van der Waals surface area (Å²) in [6.45, 7) is 5.51. The Morgan fingerprint density at radius 2 is 2.18 bits per heavy atom. The number of likely N-dealkylation sites (tertiary alicyclic amines) is 1. The number of hydrogen-bond acceptors (Lipinski definition) is 2. The largest absolute Gasteiger partial charge is 0.481 e. The monoisotopic (exact) mass is 370 g/mol. The molecule has 1 unspecified atom stereocenters. The zero-order valence-electron chi connectivity index (χ0n) is 13.1. The minimum Gasteiger partial charge on any atom is -0.481 e. The Balaban J connectivity index is 2.07. The van der Waals surface area contributed by atoms with Crippen LogP contribution in [-0.4, -0.2) is 39.5 Å². The van der Waals surface area contributed by atoms with Gasteiger partial charge in [-0.1, -0.05) is 0 Å². The van der Waals surface area contributed by atoms with Crippen molar-refractivity contribution in [1.29, 1.82) is 0 Å². The summed E-state index contributed by atoms with van der Waals surface area (Å²) in [6.07, 6.45) is 4.71. The van der Waals surface area contributed by atoms with E-state index in [0.29, 0.717) is 24.6 Å². The van der Waals surface area contributed by atoms with Crippen LogP contribution in [0.5, 0.6) is 0 Å². The Bertz CT molecular complexity index is 554. The SMILES string of the molecule is CC(C)n1cc(Br)cc1C(=O)N1CCCC(CCC(=O)O)C1. The smallest absolute Gasteiger partial charge is 0.303 e. The first-order chi connectivity index (χ1) is 10.4. The predicted molar refractivity (Wildman–Crippen MR) is 88.0 cm³/mol. The molecule has 1 atom stereocenters. The molecule has 1 aliphatic heterocycles. The molecule has 0 saturated carbocycles. The number of carbonyl (C=O) groups is 2. The van der Waals surface area contributed by atoms with Crippen LogP contribution < -0.4 is 0 Å². The maximum atomic E-state index is 12.8. The molecule has 1 aliphatic rings.